The number of benzene rings is 3. The second-order valence-electron chi connectivity index (χ2n) is 7.03. The lowest BCUT2D eigenvalue weighted by Crippen LogP contribution is -2.13. The highest BCUT2D eigenvalue weighted by atomic mass is 16.5. The van der Waals surface area contributed by atoms with E-state index in [1.165, 1.54) is 6.08 Å². The molecule has 2 amide bonds. The fourth-order valence-electron chi connectivity index (χ4n) is 2.93. The predicted molar refractivity (Wildman–Crippen MR) is 125 cm³/mol. The van der Waals surface area contributed by atoms with Gasteiger partial charge in [-0.1, -0.05) is 29.8 Å². The monoisotopic (exact) mass is 425 g/mol. The summed E-state index contributed by atoms with van der Waals surface area (Å²) >= 11 is 0. The minimum absolute atomic E-state index is 0.0547. The molecule has 0 aliphatic rings. The first kappa shape index (κ1) is 22.3. The molecule has 3 aromatic carbocycles. The minimum Gasteiger partial charge on any atom is -0.494 e. The summed E-state index contributed by atoms with van der Waals surface area (Å²) in [5.74, 6) is -0.0586. The van der Waals surface area contributed by atoms with E-state index in [2.05, 4.69) is 10.6 Å². The Morgan fingerprint density at radius 3 is 2.34 bits per heavy atom. The maximum Gasteiger partial charge on any atom is 0.266 e. The molecule has 0 bridgehead atoms. The molecule has 3 aromatic rings. The zero-order chi connectivity index (χ0) is 22.9. The van der Waals surface area contributed by atoms with E-state index < -0.39 is 5.91 Å². The summed E-state index contributed by atoms with van der Waals surface area (Å²) in [6.07, 6.45) is 1.48. The van der Waals surface area contributed by atoms with E-state index in [0.29, 0.717) is 34.9 Å². The maximum absolute atomic E-state index is 12.5. The number of hydrogen-bond acceptors (Lipinski definition) is 4. The van der Waals surface area contributed by atoms with Gasteiger partial charge in [-0.25, -0.2) is 0 Å². The van der Waals surface area contributed by atoms with Gasteiger partial charge < -0.3 is 15.4 Å². The average molecular weight is 425 g/mol. The Morgan fingerprint density at radius 1 is 0.969 bits per heavy atom. The Morgan fingerprint density at radius 2 is 1.69 bits per heavy atom. The summed E-state index contributed by atoms with van der Waals surface area (Å²) < 4.78 is 5.38. The highest BCUT2D eigenvalue weighted by Gasteiger charge is 2.11. The van der Waals surface area contributed by atoms with Crippen LogP contribution in [0.5, 0.6) is 5.75 Å². The van der Waals surface area contributed by atoms with Gasteiger partial charge >= 0.3 is 0 Å². The standard InChI is InChI=1S/C26H23N3O3/c1-3-32-24-13-11-22(12-14-24)28-26(31)21(17-27)15-19-5-4-6-23(16-19)29-25(30)20-9-7-18(2)8-10-20/h4-16H,3H2,1-2H3,(H,28,31)(H,29,30)/b21-15+. The van der Waals surface area contributed by atoms with Crippen molar-refractivity contribution >= 4 is 29.3 Å². The van der Waals surface area contributed by atoms with Gasteiger partial charge in [0.2, 0.25) is 0 Å². The van der Waals surface area contributed by atoms with Gasteiger partial charge in [0.1, 0.15) is 17.4 Å². The molecule has 0 spiro atoms. The van der Waals surface area contributed by atoms with Crippen LogP contribution in [0.4, 0.5) is 11.4 Å². The molecule has 3 rings (SSSR count). The number of carbonyl (C=O) groups excluding carboxylic acids is 2. The van der Waals surface area contributed by atoms with Crippen molar-refractivity contribution in [1.29, 1.82) is 5.26 Å². The van der Waals surface area contributed by atoms with Crippen LogP contribution < -0.4 is 15.4 Å². The third-order valence-electron chi connectivity index (χ3n) is 4.56. The fourth-order valence-corrected chi connectivity index (χ4v) is 2.93. The lowest BCUT2D eigenvalue weighted by atomic mass is 10.1. The number of anilines is 2. The van der Waals surface area contributed by atoms with Crippen molar-refractivity contribution in [3.8, 4) is 11.8 Å². The van der Waals surface area contributed by atoms with Crippen LogP contribution in [0.2, 0.25) is 0 Å². The molecule has 32 heavy (non-hydrogen) atoms. The largest absolute Gasteiger partial charge is 0.494 e. The van der Waals surface area contributed by atoms with Gasteiger partial charge in [0, 0.05) is 16.9 Å². The number of nitrogens with one attached hydrogen (secondary N) is 2. The fraction of sp³-hybridized carbons (Fsp3) is 0.115. The van der Waals surface area contributed by atoms with Gasteiger partial charge in [-0.2, -0.15) is 5.26 Å². The Bertz CT molecular complexity index is 1170. The van der Waals surface area contributed by atoms with Gasteiger partial charge in [0.05, 0.1) is 6.61 Å². The van der Waals surface area contributed by atoms with Crippen molar-refractivity contribution in [2.45, 2.75) is 13.8 Å². The molecule has 0 aliphatic carbocycles. The molecule has 0 atom stereocenters. The molecule has 0 aromatic heterocycles. The maximum atomic E-state index is 12.5. The number of rotatable bonds is 7. The Balaban J connectivity index is 1.71. The van der Waals surface area contributed by atoms with E-state index >= 15 is 0 Å². The van der Waals surface area contributed by atoms with Crippen molar-refractivity contribution in [2.24, 2.45) is 0 Å². The molecule has 6 nitrogen and oxygen atoms in total. The first-order chi connectivity index (χ1) is 15.5. The van der Waals surface area contributed by atoms with E-state index in [9.17, 15) is 14.9 Å². The highest BCUT2D eigenvalue weighted by Crippen LogP contribution is 2.18. The van der Waals surface area contributed by atoms with E-state index in [1.54, 1.807) is 60.7 Å². The molecular formula is C26H23N3O3. The summed E-state index contributed by atoms with van der Waals surface area (Å²) in [6, 6.07) is 23.0. The van der Waals surface area contributed by atoms with Gasteiger partial charge in [-0.15, -0.1) is 0 Å². The van der Waals surface area contributed by atoms with Crippen LogP contribution in [0.25, 0.3) is 6.08 Å². The highest BCUT2D eigenvalue weighted by molar-refractivity contribution is 6.10. The first-order valence-electron chi connectivity index (χ1n) is 10.1. The van der Waals surface area contributed by atoms with Crippen LogP contribution in [0.1, 0.15) is 28.4 Å². The van der Waals surface area contributed by atoms with Crippen LogP contribution in [-0.4, -0.2) is 18.4 Å². The van der Waals surface area contributed by atoms with Crippen LogP contribution in [-0.2, 0) is 4.79 Å². The third-order valence-corrected chi connectivity index (χ3v) is 4.56. The number of carbonyl (C=O) groups is 2. The normalized spacial score (nSPS) is 10.7. The summed E-state index contributed by atoms with van der Waals surface area (Å²) in [4.78, 5) is 25.0. The zero-order valence-corrected chi connectivity index (χ0v) is 17.9. The smallest absolute Gasteiger partial charge is 0.266 e. The molecular weight excluding hydrogens is 402 g/mol. The molecule has 2 N–H and O–H groups in total. The topological polar surface area (TPSA) is 91.2 Å². The van der Waals surface area contributed by atoms with E-state index in [0.717, 1.165) is 5.56 Å². The molecule has 0 radical (unpaired) electrons. The number of nitrogens with zero attached hydrogens (tertiary/aromatic N) is 1. The predicted octanol–water partition coefficient (Wildman–Crippen LogP) is 5.19. The minimum atomic E-state index is -0.522. The molecule has 0 saturated heterocycles. The second-order valence-corrected chi connectivity index (χ2v) is 7.03. The summed E-state index contributed by atoms with van der Waals surface area (Å²) in [5.41, 5.74) is 3.29. The summed E-state index contributed by atoms with van der Waals surface area (Å²) in [5, 5.41) is 15.0. The van der Waals surface area contributed by atoms with Crippen LogP contribution >= 0.6 is 0 Å². The van der Waals surface area contributed by atoms with Gasteiger partial charge in [0.15, 0.2) is 0 Å². The van der Waals surface area contributed by atoms with E-state index in [4.69, 9.17) is 4.74 Å². The van der Waals surface area contributed by atoms with Gasteiger partial charge in [0.25, 0.3) is 11.8 Å². The first-order valence-corrected chi connectivity index (χ1v) is 10.1. The average Bonchev–Trinajstić information content (AvgIpc) is 2.79. The van der Waals surface area contributed by atoms with Crippen molar-refractivity contribution in [3.63, 3.8) is 0 Å². The summed E-state index contributed by atoms with van der Waals surface area (Å²) in [6.45, 7) is 4.40. The molecule has 0 saturated carbocycles. The SMILES string of the molecule is CCOc1ccc(NC(=O)/C(C#N)=C/c2cccc(NC(=O)c3ccc(C)cc3)c2)cc1. The number of ether oxygens (including phenoxy) is 1. The van der Waals surface area contributed by atoms with Gasteiger partial charge in [-0.05, 0) is 74.0 Å². The summed E-state index contributed by atoms with van der Waals surface area (Å²) in [7, 11) is 0. The van der Waals surface area contributed by atoms with Crippen molar-refractivity contribution in [2.75, 3.05) is 17.2 Å². The zero-order valence-electron chi connectivity index (χ0n) is 17.9. The lowest BCUT2D eigenvalue weighted by molar-refractivity contribution is -0.112. The molecule has 0 unspecified atom stereocenters. The Hall–Kier alpha value is -4.37. The Labute approximate surface area is 187 Å². The molecule has 0 heterocycles. The van der Waals surface area contributed by atoms with Crippen molar-refractivity contribution in [3.05, 3.63) is 95.1 Å². The molecule has 0 aliphatic heterocycles. The second kappa shape index (κ2) is 10.6. The number of amides is 2. The lowest BCUT2D eigenvalue weighted by Gasteiger charge is -2.08. The van der Waals surface area contributed by atoms with Crippen molar-refractivity contribution < 1.29 is 14.3 Å². The van der Waals surface area contributed by atoms with Crippen LogP contribution in [0.15, 0.2) is 78.4 Å². The molecule has 6 heteroatoms. The number of hydrogen-bond donors (Lipinski definition) is 2. The Kier molecular flexibility index (Phi) is 7.39. The molecule has 160 valence electrons. The molecule has 0 fully saturated rings. The number of nitriles is 1. The van der Waals surface area contributed by atoms with E-state index in [1.807, 2.05) is 32.0 Å². The quantitative estimate of drug-likeness (QED) is 0.402. The van der Waals surface area contributed by atoms with Gasteiger partial charge in [-0.3, -0.25) is 9.59 Å². The third kappa shape index (κ3) is 6.07. The number of aryl methyl sites for hydroxylation is 1. The van der Waals surface area contributed by atoms with Crippen LogP contribution in [0, 0.1) is 18.3 Å². The van der Waals surface area contributed by atoms with Crippen molar-refractivity contribution in [1.82, 2.24) is 0 Å². The van der Waals surface area contributed by atoms with E-state index in [-0.39, 0.29) is 11.5 Å². The van der Waals surface area contributed by atoms with Crippen LogP contribution in [0.3, 0.4) is 0 Å².